The van der Waals surface area contributed by atoms with Crippen LogP contribution in [0.4, 0.5) is 0 Å². The van der Waals surface area contributed by atoms with Crippen LogP contribution in [-0.4, -0.2) is 19.2 Å². The SMILES string of the molecule is COc1ccc(OC)c(C[NH2+]Cc2cccnc2)c1. The third kappa shape index (κ3) is 3.69. The highest BCUT2D eigenvalue weighted by atomic mass is 16.5. The van der Waals surface area contributed by atoms with Gasteiger partial charge in [0.1, 0.15) is 24.6 Å². The number of methoxy groups -OCH3 is 2. The van der Waals surface area contributed by atoms with E-state index < -0.39 is 0 Å². The fourth-order valence-electron chi connectivity index (χ4n) is 1.95. The lowest BCUT2D eigenvalue weighted by atomic mass is 10.2. The quantitative estimate of drug-likeness (QED) is 0.852. The van der Waals surface area contributed by atoms with Gasteiger partial charge in [0.05, 0.1) is 19.8 Å². The van der Waals surface area contributed by atoms with E-state index in [0.29, 0.717) is 0 Å². The van der Waals surface area contributed by atoms with Crippen LogP contribution >= 0.6 is 0 Å². The highest BCUT2D eigenvalue weighted by Crippen LogP contribution is 2.22. The Hall–Kier alpha value is -2.07. The number of nitrogens with zero attached hydrogens (tertiary/aromatic N) is 1. The molecule has 0 spiro atoms. The van der Waals surface area contributed by atoms with E-state index in [1.165, 1.54) is 5.56 Å². The molecule has 2 aromatic rings. The number of hydrogen-bond donors (Lipinski definition) is 1. The average molecular weight is 259 g/mol. The summed E-state index contributed by atoms with van der Waals surface area (Å²) in [6.45, 7) is 1.74. The predicted molar refractivity (Wildman–Crippen MR) is 73.1 cm³/mol. The van der Waals surface area contributed by atoms with Crippen LogP contribution in [0, 0.1) is 0 Å². The Morgan fingerprint density at radius 3 is 2.68 bits per heavy atom. The van der Waals surface area contributed by atoms with E-state index in [-0.39, 0.29) is 0 Å². The van der Waals surface area contributed by atoms with Gasteiger partial charge in [-0.3, -0.25) is 4.98 Å². The first-order chi connectivity index (χ1) is 9.33. The van der Waals surface area contributed by atoms with Crippen molar-refractivity contribution in [3.63, 3.8) is 0 Å². The third-order valence-corrected chi connectivity index (χ3v) is 2.95. The maximum Gasteiger partial charge on any atom is 0.127 e. The highest BCUT2D eigenvalue weighted by molar-refractivity contribution is 5.39. The van der Waals surface area contributed by atoms with Gasteiger partial charge in [0, 0.05) is 18.0 Å². The minimum absolute atomic E-state index is 0.843. The smallest absolute Gasteiger partial charge is 0.127 e. The maximum atomic E-state index is 5.36. The molecule has 0 radical (unpaired) electrons. The van der Waals surface area contributed by atoms with Crippen molar-refractivity contribution in [3.8, 4) is 11.5 Å². The van der Waals surface area contributed by atoms with Gasteiger partial charge in [0.15, 0.2) is 0 Å². The van der Waals surface area contributed by atoms with Crippen molar-refractivity contribution in [2.75, 3.05) is 14.2 Å². The summed E-state index contributed by atoms with van der Waals surface area (Å²) in [5.74, 6) is 1.74. The molecule has 19 heavy (non-hydrogen) atoms. The zero-order valence-corrected chi connectivity index (χ0v) is 11.3. The average Bonchev–Trinajstić information content (AvgIpc) is 2.48. The van der Waals surface area contributed by atoms with Crippen molar-refractivity contribution in [2.24, 2.45) is 0 Å². The molecule has 2 N–H and O–H groups in total. The zero-order chi connectivity index (χ0) is 13.5. The largest absolute Gasteiger partial charge is 0.497 e. The molecule has 2 rings (SSSR count). The molecule has 0 saturated carbocycles. The lowest BCUT2D eigenvalue weighted by Gasteiger charge is -2.09. The van der Waals surface area contributed by atoms with Crippen LogP contribution in [0.15, 0.2) is 42.7 Å². The van der Waals surface area contributed by atoms with Crippen LogP contribution in [-0.2, 0) is 13.1 Å². The van der Waals surface area contributed by atoms with Gasteiger partial charge in [0.25, 0.3) is 0 Å². The van der Waals surface area contributed by atoms with Crippen molar-refractivity contribution in [1.82, 2.24) is 4.98 Å². The molecule has 4 heteroatoms. The molecule has 0 bridgehead atoms. The first-order valence-corrected chi connectivity index (χ1v) is 6.25. The van der Waals surface area contributed by atoms with Crippen LogP contribution in [0.1, 0.15) is 11.1 Å². The van der Waals surface area contributed by atoms with Gasteiger partial charge in [0.2, 0.25) is 0 Å². The third-order valence-electron chi connectivity index (χ3n) is 2.95. The molecule has 0 unspecified atom stereocenters. The summed E-state index contributed by atoms with van der Waals surface area (Å²) in [7, 11) is 3.36. The molecular weight excluding hydrogens is 240 g/mol. The van der Waals surface area contributed by atoms with Crippen molar-refractivity contribution in [3.05, 3.63) is 53.9 Å². The van der Waals surface area contributed by atoms with Crippen molar-refractivity contribution in [1.29, 1.82) is 0 Å². The molecule has 0 aliphatic carbocycles. The Kier molecular flexibility index (Phi) is 4.75. The Morgan fingerprint density at radius 1 is 1.11 bits per heavy atom. The standard InChI is InChI=1S/C15H18N2O2/c1-18-14-5-6-15(19-2)13(8-14)11-17-10-12-4-3-7-16-9-12/h3-9,17H,10-11H2,1-2H3/p+1. The second-order valence-electron chi connectivity index (χ2n) is 4.24. The molecule has 0 fully saturated rings. The second kappa shape index (κ2) is 6.75. The summed E-state index contributed by atoms with van der Waals surface area (Å²) in [4.78, 5) is 4.11. The summed E-state index contributed by atoms with van der Waals surface area (Å²) < 4.78 is 10.6. The molecule has 0 aliphatic heterocycles. The van der Waals surface area contributed by atoms with Gasteiger partial charge in [-0.15, -0.1) is 0 Å². The van der Waals surface area contributed by atoms with Crippen molar-refractivity contribution in [2.45, 2.75) is 13.1 Å². The van der Waals surface area contributed by atoms with Gasteiger partial charge in [-0.05, 0) is 24.3 Å². The van der Waals surface area contributed by atoms with Crippen molar-refractivity contribution < 1.29 is 14.8 Å². The fraction of sp³-hybridized carbons (Fsp3) is 0.267. The molecule has 4 nitrogen and oxygen atoms in total. The molecule has 0 amide bonds. The molecule has 0 aliphatic rings. The summed E-state index contributed by atoms with van der Waals surface area (Å²) in [5.41, 5.74) is 2.34. The summed E-state index contributed by atoms with van der Waals surface area (Å²) in [6, 6.07) is 9.88. The summed E-state index contributed by atoms with van der Waals surface area (Å²) in [6.07, 6.45) is 3.67. The van der Waals surface area contributed by atoms with Crippen LogP contribution in [0.3, 0.4) is 0 Å². The monoisotopic (exact) mass is 259 g/mol. The maximum absolute atomic E-state index is 5.36. The van der Waals surface area contributed by atoms with Crippen LogP contribution in [0.5, 0.6) is 11.5 Å². The van der Waals surface area contributed by atoms with Gasteiger partial charge in [-0.2, -0.15) is 0 Å². The highest BCUT2D eigenvalue weighted by Gasteiger charge is 2.06. The molecule has 1 heterocycles. The lowest BCUT2D eigenvalue weighted by molar-refractivity contribution is -0.686. The van der Waals surface area contributed by atoms with E-state index in [1.54, 1.807) is 20.4 Å². The fourth-order valence-corrected chi connectivity index (χ4v) is 1.95. The van der Waals surface area contributed by atoms with Crippen LogP contribution in [0.25, 0.3) is 0 Å². The molecule has 100 valence electrons. The number of benzene rings is 1. The van der Waals surface area contributed by atoms with Crippen molar-refractivity contribution >= 4 is 0 Å². The second-order valence-corrected chi connectivity index (χ2v) is 4.24. The van der Waals surface area contributed by atoms with Gasteiger partial charge < -0.3 is 14.8 Å². The molecule has 0 atom stereocenters. The van der Waals surface area contributed by atoms with Gasteiger partial charge in [-0.1, -0.05) is 6.07 Å². The number of nitrogens with two attached hydrogens (primary N) is 1. The number of rotatable bonds is 6. The number of pyridine rings is 1. The molecule has 0 saturated heterocycles. The Labute approximate surface area is 113 Å². The van der Waals surface area contributed by atoms with Crippen LogP contribution < -0.4 is 14.8 Å². The number of ether oxygens (including phenoxy) is 2. The van der Waals surface area contributed by atoms with Crippen LogP contribution in [0.2, 0.25) is 0 Å². The minimum atomic E-state index is 0.843. The predicted octanol–water partition coefficient (Wildman–Crippen LogP) is 1.36. The Balaban J connectivity index is 1.98. The Morgan fingerprint density at radius 2 is 2.00 bits per heavy atom. The van der Waals surface area contributed by atoms with E-state index >= 15 is 0 Å². The van der Waals surface area contributed by atoms with Gasteiger partial charge in [-0.25, -0.2) is 0 Å². The first-order valence-electron chi connectivity index (χ1n) is 6.25. The van der Waals surface area contributed by atoms with Gasteiger partial charge >= 0.3 is 0 Å². The number of hydrogen-bond acceptors (Lipinski definition) is 3. The zero-order valence-electron chi connectivity index (χ0n) is 11.3. The minimum Gasteiger partial charge on any atom is -0.497 e. The topological polar surface area (TPSA) is 48.0 Å². The van der Waals surface area contributed by atoms with E-state index in [0.717, 1.165) is 30.2 Å². The van der Waals surface area contributed by atoms with E-state index in [2.05, 4.69) is 16.4 Å². The Bertz CT molecular complexity index is 515. The lowest BCUT2D eigenvalue weighted by Crippen LogP contribution is -2.80. The molecular formula is C15H19N2O2+. The number of aromatic nitrogens is 1. The number of quaternary nitrogens is 1. The summed E-state index contributed by atoms with van der Waals surface area (Å²) in [5, 5.41) is 2.22. The van der Waals surface area contributed by atoms with E-state index in [9.17, 15) is 0 Å². The summed E-state index contributed by atoms with van der Waals surface area (Å²) >= 11 is 0. The molecule has 1 aromatic heterocycles. The molecule has 1 aromatic carbocycles. The first kappa shape index (κ1) is 13.4. The van der Waals surface area contributed by atoms with E-state index in [4.69, 9.17) is 9.47 Å². The normalized spacial score (nSPS) is 10.2. The van der Waals surface area contributed by atoms with E-state index in [1.807, 2.05) is 30.5 Å².